The third-order valence-electron chi connectivity index (χ3n) is 3.63. The first kappa shape index (κ1) is 20.7. The minimum atomic E-state index is -3.59. The summed E-state index contributed by atoms with van der Waals surface area (Å²) in [5, 5.41) is 0. The molecule has 0 aliphatic heterocycles. The second-order valence-corrected chi connectivity index (χ2v) is 8.37. The van der Waals surface area contributed by atoms with Crippen molar-refractivity contribution in [3.05, 3.63) is 71.8 Å². The maximum atomic E-state index is 12.7. The number of carbonyl (C=O) groups excluding carboxylic acids is 1. The quantitative estimate of drug-likeness (QED) is 0.511. The molecule has 0 bridgehead atoms. The summed E-state index contributed by atoms with van der Waals surface area (Å²) in [7, 11) is -3.59. The van der Waals surface area contributed by atoms with Crippen LogP contribution in [0.1, 0.15) is 25.0 Å². The average Bonchev–Trinajstić information content (AvgIpc) is 2.58. The summed E-state index contributed by atoms with van der Waals surface area (Å²) < 4.78 is 27.5. The molecule has 0 heterocycles. The van der Waals surface area contributed by atoms with Crippen molar-refractivity contribution in [3.8, 4) is 5.75 Å². The second-order valence-electron chi connectivity index (χ2n) is 6.79. The topological polar surface area (TPSA) is 63.7 Å². The van der Waals surface area contributed by atoms with E-state index in [4.69, 9.17) is 4.18 Å². The van der Waals surface area contributed by atoms with E-state index in [0.29, 0.717) is 19.0 Å². The van der Waals surface area contributed by atoms with Crippen LogP contribution in [0.2, 0.25) is 0 Å². The molecule has 6 heteroatoms. The molecule has 0 radical (unpaired) electrons. The van der Waals surface area contributed by atoms with Crippen molar-refractivity contribution >= 4 is 22.1 Å². The van der Waals surface area contributed by atoms with Crippen LogP contribution < -0.4 is 4.18 Å². The van der Waals surface area contributed by atoms with Gasteiger partial charge < -0.3 is 9.08 Å². The fourth-order valence-electron chi connectivity index (χ4n) is 2.60. The molecule has 5 nitrogen and oxygen atoms in total. The third-order valence-corrected chi connectivity index (χ3v) is 4.13. The maximum Gasteiger partial charge on any atom is 0.306 e. The van der Waals surface area contributed by atoms with Crippen molar-refractivity contribution in [2.45, 2.75) is 20.4 Å². The van der Waals surface area contributed by atoms with Crippen LogP contribution in [0.5, 0.6) is 5.75 Å². The van der Waals surface area contributed by atoms with E-state index in [2.05, 4.69) is 0 Å². The Hall–Kier alpha value is -2.60. The lowest BCUT2D eigenvalue weighted by Crippen LogP contribution is -2.32. The zero-order valence-corrected chi connectivity index (χ0v) is 16.6. The van der Waals surface area contributed by atoms with Crippen molar-refractivity contribution in [2.75, 3.05) is 12.8 Å². The zero-order valence-electron chi connectivity index (χ0n) is 15.8. The minimum absolute atomic E-state index is 0.0954. The number of hydrogen-bond donors (Lipinski definition) is 0. The fraction of sp³-hybridized carbons (Fsp3) is 0.286. The predicted molar refractivity (Wildman–Crippen MR) is 108 cm³/mol. The van der Waals surface area contributed by atoms with Gasteiger partial charge in [-0.2, -0.15) is 8.42 Å². The highest BCUT2D eigenvalue weighted by molar-refractivity contribution is 7.86. The van der Waals surface area contributed by atoms with Gasteiger partial charge in [-0.05, 0) is 35.3 Å². The number of hydrogen-bond acceptors (Lipinski definition) is 4. The van der Waals surface area contributed by atoms with Gasteiger partial charge in [-0.25, -0.2) is 0 Å². The van der Waals surface area contributed by atoms with E-state index in [1.165, 1.54) is 0 Å². The van der Waals surface area contributed by atoms with Crippen LogP contribution in [0.4, 0.5) is 0 Å². The summed E-state index contributed by atoms with van der Waals surface area (Å²) in [6.07, 6.45) is 4.36. The van der Waals surface area contributed by atoms with Crippen molar-refractivity contribution in [1.82, 2.24) is 4.90 Å². The molecule has 2 aromatic rings. The van der Waals surface area contributed by atoms with Gasteiger partial charge in [-0.15, -0.1) is 0 Å². The maximum absolute atomic E-state index is 12.7. The molecule has 0 aliphatic rings. The molecule has 0 N–H and O–H groups in total. The molecule has 27 heavy (non-hydrogen) atoms. The van der Waals surface area contributed by atoms with Crippen LogP contribution in [0.25, 0.3) is 6.08 Å². The normalized spacial score (nSPS) is 11.7. The van der Waals surface area contributed by atoms with Crippen LogP contribution in [0.3, 0.4) is 0 Å². The first-order valence-electron chi connectivity index (χ1n) is 8.73. The van der Waals surface area contributed by atoms with Crippen molar-refractivity contribution < 1.29 is 17.4 Å². The highest BCUT2D eigenvalue weighted by atomic mass is 32.2. The van der Waals surface area contributed by atoms with E-state index < -0.39 is 10.1 Å². The third kappa shape index (κ3) is 7.66. The predicted octanol–water partition coefficient (Wildman–Crippen LogP) is 3.72. The number of rotatable bonds is 8. The number of benzene rings is 2. The smallest absolute Gasteiger partial charge is 0.306 e. The minimum Gasteiger partial charge on any atom is -0.383 e. The van der Waals surface area contributed by atoms with E-state index in [1.54, 1.807) is 35.3 Å². The van der Waals surface area contributed by atoms with Gasteiger partial charge in [0.2, 0.25) is 5.91 Å². The Kier molecular flexibility index (Phi) is 7.19. The largest absolute Gasteiger partial charge is 0.383 e. The van der Waals surface area contributed by atoms with Crippen molar-refractivity contribution in [1.29, 1.82) is 0 Å². The molecular formula is C21H25NO4S. The van der Waals surface area contributed by atoms with Crippen LogP contribution >= 0.6 is 0 Å². The van der Waals surface area contributed by atoms with E-state index in [-0.39, 0.29) is 11.7 Å². The zero-order chi connectivity index (χ0) is 19.9. The van der Waals surface area contributed by atoms with Crippen molar-refractivity contribution in [2.24, 2.45) is 5.92 Å². The van der Waals surface area contributed by atoms with Gasteiger partial charge >= 0.3 is 10.1 Å². The molecule has 0 saturated carbocycles. The lowest BCUT2D eigenvalue weighted by atomic mass is 10.1. The van der Waals surface area contributed by atoms with Crippen LogP contribution in [-0.2, 0) is 21.5 Å². The lowest BCUT2D eigenvalue weighted by Gasteiger charge is -2.23. The standard InChI is InChI=1S/C21H25NO4S/c1-17(2)15-22(21(23)13-12-18-8-5-4-6-9-18)16-19-10-7-11-20(14-19)26-27(3,24)25/h4-14,17H,15-16H2,1-3H3/b13-12+. The summed E-state index contributed by atoms with van der Waals surface area (Å²) in [5.74, 6) is 0.447. The Morgan fingerprint density at radius 1 is 1.11 bits per heavy atom. The molecule has 0 atom stereocenters. The molecule has 0 spiro atoms. The Bertz CT molecular complexity index is 889. The Morgan fingerprint density at radius 3 is 2.44 bits per heavy atom. The van der Waals surface area contributed by atoms with Crippen LogP contribution in [0.15, 0.2) is 60.7 Å². The number of carbonyl (C=O) groups is 1. The number of amides is 1. The van der Waals surface area contributed by atoms with Gasteiger partial charge in [0.05, 0.1) is 6.26 Å². The molecule has 2 aromatic carbocycles. The summed E-state index contributed by atoms with van der Waals surface area (Å²) in [5.41, 5.74) is 1.76. The Morgan fingerprint density at radius 2 is 1.81 bits per heavy atom. The lowest BCUT2D eigenvalue weighted by molar-refractivity contribution is -0.127. The summed E-state index contributed by atoms with van der Waals surface area (Å²) >= 11 is 0. The molecular weight excluding hydrogens is 362 g/mol. The van der Waals surface area contributed by atoms with Gasteiger partial charge in [0.1, 0.15) is 5.75 Å². The highest BCUT2D eigenvalue weighted by Crippen LogP contribution is 2.17. The number of nitrogens with zero attached hydrogens (tertiary/aromatic N) is 1. The van der Waals surface area contributed by atoms with E-state index in [9.17, 15) is 13.2 Å². The SMILES string of the molecule is CC(C)CN(Cc1cccc(OS(C)(=O)=O)c1)C(=O)/C=C/c1ccccc1. The first-order chi connectivity index (χ1) is 12.7. The second kappa shape index (κ2) is 9.37. The molecule has 144 valence electrons. The van der Waals surface area contributed by atoms with Crippen LogP contribution in [-0.4, -0.2) is 32.0 Å². The molecule has 2 rings (SSSR count). The Labute approximate surface area is 161 Å². The Balaban J connectivity index is 2.15. The average molecular weight is 388 g/mol. The van der Waals surface area contributed by atoms with E-state index in [0.717, 1.165) is 17.4 Å². The summed E-state index contributed by atoms with van der Waals surface area (Å²) in [6, 6.07) is 16.4. The molecule has 0 fully saturated rings. The van der Waals surface area contributed by atoms with Gasteiger partial charge in [0.25, 0.3) is 0 Å². The van der Waals surface area contributed by atoms with E-state index in [1.807, 2.05) is 50.2 Å². The first-order valence-corrected chi connectivity index (χ1v) is 10.5. The molecule has 0 aromatic heterocycles. The van der Waals surface area contributed by atoms with Crippen LogP contribution in [0, 0.1) is 5.92 Å². The van der Waals surface area contributed by atoms with Gasteiger partial charge in [-0.3, -0.25) is 4.79 Å². The van der Waals surface area contributed by atoms with Gasteiger partial charge in [0.15, 0.2) is 0 Å². The monoisotopic (exact) mass is 387 g/mol. The molecule has 0 unspecified atom stereocenters. The molecule has 0 saturated heterocycles. The van der Waals surface area contributed by atoms with Gasteiger partial charge in [-0.1, -0.05) is 56.3 Å². The fourth-order valence-corrected chi connectivity index (χ4v) is 3.05. The molecule has 0 aliphatic carbocycles. The molecule has 1 amide bonds. The highest BCUT2D eigenvalue weighted by Gasteiger charge is 2.14. The summed E-state index contributed by atoms with van der Waals surface area (Å²) in [6.45, 7) is 5.06. The summed E-state index contributed by atoms with van der Waals surface area (Å²) in [4.78, 5) is 14.4. The van der Waals surface area contributed by atoms with Gasteiger partial charge in [0, 0.05) is 19.2 Å². The van der Waals surface area contributed by atoms with E-state index >= 15 is 0 Å². The van der Waals surface area contributed by atoms with Crippen molar-refractivity contribution in [3.63, 3.8) is 0 Å².